The van der Waals surface area contributed by atoms with Gasteiger partial charge in [-0.3, -0.25) is 0 Å². The van der Waals surface area contributed by atoms with E-state index < -0.39 is 0 Å². The molecule has 1 aliphatic carbocycles. The van der Waals surface area contributed by atoms with E-state index in [0.717, 1.165) is 72.9 Å². The number of hydrogen-bond acceptors (Lipinski definition) is 6. The highest BCUT2D eigenvalue weighted by molar-refractivity contribution is 5.81. The molecule has 0 spiro atoms. The molecule has 1 aromatic carbocycles. The van der Waals surface area contributed by atoms with Gasteiger partial charge < -0.3 is 20.7 Å². The van der Waals surface area contributed by atoms with Gasteiger partial charge in [0.1, 0.15) is 0 Å². The fourth-order valence-corrected chi connectivity index (χ4v) is 3.67. The van der Waals surface area contributed by atoms with Gasteiger partial charge in [-0.1, -0.05) is 25.3 Å². The first-order valence-corrected chi connectivity index (χ1v) is 10.2. The zero-order valence-electron chi connectivity index (χ0n) is 17.1. The van der Waals surface area contributed by atoms with Crippen molar-refractivity contribution in [2.45, 2.75) is 12.8 Å². The monoisotopic (exact) mass is 401 g/mol. The molecule has 1 aliphatic heterocycles. The first kappa shape index (κ1) is 19.9. The second-order valence-corrected chi connectivity index (χ2v) is 7.36. The van der Waals surface area contributed by atoms with Crippen molar-refractivity contribution < 1.29 is 4.74 Å². The first-order chi connectivity index (χ1) is 14.6. The number of nitrogens with one attached hydrogen (secondary N) is 1. The molecule has 0 saturated carbocycles. The van der Waals surface area contributed by atoms with Crippen LogP contribution < -0.4 is 16.0 Å². The maximum Gasteiger partial charge on any atom is 0.227 e. The standard InChI is InChI=1S/C24H27N5O/c1-3-18-16-26-24(28-23(18)17(2)19-5-4-6-20(25)15-19)27-21-7-9-22(10-8-21)29-11-13-30-14-12-29/h3,6-10,15-16H,1-2,4-5,11-14,25H2,(H,26,27,28). The summed E-state index contributed by atoms with van der Waals surface area (Å²) in [5.41, 5.74) is 12.4. The summed E-state index contributed by atoms with van der Waals surface area (Å²) < 4.78 is 5.42. The van der Waals surface area contributed by atoms with Crippen molar-refractivity contribution in [1.82, 2.24) is 9.97 Å². The Labute approximate surface area is 177 Å². The van der Waals surface area contributed by atoms with Crippen LogP contribution in [-0.4, -0.2) is 36.3 Å². The lowest BCUT2D eigenvalue weighted by atomic mass is 9.93. The SMILES string of the molecule is C=Cc1cnc(Nc2ccc(N3CCOCC3)cc2)nc1C(=C)C1=CC(N)=CCC1. The van der Waals surface area contributed by atoms with Crippen LogP contribution in [0.1, 0.15) is 24.1 Å². The normalized spacial score (nSPS) is 16.5. The van der Waals surface area contributed by atoms with Crippen molar-refractivity contribution in [3.05, 3.63) is 78.3 Å². The lowest BCUT2D eigenvalue weighted by molar-refractivity contribution is 0.122. The summed E-state index contributed by atoms with van der Waals surface area (Å²) in [5, 5.41) is 3.30. The van der Waals surface area contributed by atoms with Crippen molar-refractivity contribution in [1.29, 1.82) is 0 Å². The minimum Gasteiger partial charge on any atom is -0.399 e. The van der Waals surface area contributed by atoms with E-state index in [1.807, 2.05) is 24.3 Å². The lowest BCUT2D eigenvalue weighted by Gasteiger charge is -2.28. The predicted octanol–water partition coefficient (Wildman–Crippen LogP) is 4.28. The third-order valence-electron chi connectivity index (χ3n) is 5.34. The molecular weight excluding hydrogens is 374 g/mol. The molecule has 0 bridgehead atoms. The van der Waals surface area contributed by atoms with E-state index >= 15 is 0 Å². The van der Waals surface area contributed by atoms with Crippen LogP contribution in [-0.2, 0) is 4.74 Å². The molecular formula is C24H27N5O. The fraction of sp³-hybridized carbons (Fsp3) is 0.250. The van der Waals surface area contributed by atoms with Gasteiger partial charge in [0.25, 0.3) is 0 Å². The molecule has 1 fully saturated rings. The number of aromatic nitrogens is 2. The number of hydrogen-bond donors (Lipinski definition) is 2. The van der Waals surface area contributed by atoms with Crippen LogP contribution in [0.4, 0.5) is 17.3 Å². The van der Waals surface area contributed by atoms with Crippen LogP contribution in [0, 0.1) is 0 Å². The summed E-state index contributed by atoms with van der Waals surface area (Å²) in [6.45, 7) is 11.5. The van der Waals surface area contributed by atoms with Gasteiger partial charge >= 0.3 is 0 Å². The minimum atomic E-state index is 0.524. The number of nitrogens with two attached hydrogens (primary N) is 1. The summed E-state index contributed by atoms with van der Waals surface area (Å²) in [4.78, 5) is 11.5. The number of ether oxygens (including phenoxy) is 1. The number of anilines is 3. The predicted molar refractivity (Wildman–Crippen MR) is 124 cm³/mol. The largest absolute Gasteiger partial charge is 0.399 e. The average molecular weight is 402 g/mol. The summed E-state index contributed by atoms with van der Waals surface area (Å²) in [5.74, 6) is 0.524. The van der Waals surface area contributed by atoms with Gasteiger partial charge in [0.15, 0.2) is 0 Å². The molecule has 0 atom stereocenters. The Balaban J connectivity index is 1.53. The highest BCUT2D eigenvalue weighted by atomic mass is 16.5. The van der Waals surface area contributed by atoms with E-state index in [-0.39, 0.29) is 0 Å². The van der Waals surface area contributed by atoms with Gasteiger partial charge in [-0.15, -0.1) is 0 Å². The Kier molecular flexibility index (Phi) is 5.95. The third kappa shape index (κ3) is 4.44. The van der Waals surface area contributed by atoms with E-state index in [9.17, 15) is 0 Å². The van der Waals surface area contributed by atoms with Crippen molar-refractivity contribution in [3.63, 3.8) is 0 Å². The average Bonchev–Trinajstić information content (AvgIpc) is 2.79. The molecule has 0 radical (unpaired) electrons. The zero-order valence-corrected chi connectivity index (χ0v) is 17.1. The van der Waals surface area contributed by atoms with Crippen molar-refractivity contribution in [3.8, 4) is 0 Å². The fourth-order valence-electron chi connectivity index (χ4n) is 3.67. The van der Waals surface area contributed by atoms with Crippen LogP contribution in [0.2, 0.25) is 0 Å². The molecule has 1 saturated heterocycles. The molecule has 30 heavy (non-hydrogen) atoms. The molecule has 4 rings (SSSR count). The third-order valence-corrected chi connectivity index (χ3v) is 5.34. The van der Waals surface area contributed by atoms with Crippen LogP contribution >= 0.6 is 0 Å². The Morgan fingerprint density at radius 3 is 2.67 bits per heavy atom. The van der Waals surface area contributed by atoms with E-state index in [0.29, 0.717) is 5.95 Å². The van der Waals surface area contributed by atoms with Gasteiger partial charge in [-0.2, -0.15) is 0 Å². The van der Waals surface area contributed by atoms with Crippen LogP contribution in [0.3, 0.4) is 0 Å². The molecule has 0 amide bonds. The van der Waals surface area contributed by atoms with Crippen molar-refractivity contribution in [2.75, 3.05) is 36.5 Å². The second kappa shape index (κ2) is 8.97. The number of benzene rings is 1. The van der Waals surface area contributed by atoms with Crippen LogP contribution in [0.5, 0.6) is 0 Å². The smallest absolute Gasteiger partial charge is 0.227 e. The summed E-state index contributed by atoms with van der Waals surface area (Å²) in [6.07, 6.45) is 9.33. The van der Waals surface area contributed by atoms with E-state index in [1.54, 1.807) is 12.3 Å². The Bertz CT molecular complexity index is 1000. The molecule has 0 unspecified atom stereocenters. The molecule has 3 N–H and O–H groups in total. The number of allylic oxidation sites excluding steroid dienone is 4. The van der Waals surface area contributed by atoms with Crippen molar-refractivity contribution in [2.24, 2.45) is 5.73 Å². The Morgan fingerprint density at radius 1 is 1.20 bits per heavy atom. The first-order valence-electron chi connectivity index (χ1n) is 10.2. The molecule has 2 aliphatic rings. The van der Waals surface area contributed by atoms with E-state index in [2.05, 4.69) is 40.5 Å². The van der Waals surface area contributed by atoms with Gasteiger partial charge in [0.05, 0.1) is 18.9 Å². The highest BCUT2D eigenvalue weighted by Gasteiger charge is 2.15. The van der Waals surface area contributed by atoms with Gasteiger partial charge in [-0.25, -0.2) is 9.97 Å². The maximum absolute atomic E-state index is 5.98. The molecule has 2 heterocycles. The minimum absolute atomic E-state index is 0.524. The van der Waals surface area contributed by atoms with Crippen molar-refractivity contribution >= 4 is 29.0 Å². The van der Waals surface area contributed by atoms with E-state index in [4.69, 9.17) is 15.5 Å². The molecule has 2 aromatic rings. The molecule has 1 aromatic heterocycles. The molecule has 154 valence electrons. The summed E-state index contributed by atoms with van der Waals surface area (Å²) >= 11 is 0. The van der Waals surface area contributed by atoms with Gasteiger partial charge in [-0.05, 0) is 54.3 Å². The quantitative estimate of drug-likeness (QED) is 0.753. The van der Waals surface area contributed by atoms with Gasteiger partial charge in [0, 0.05) is 41.9 Å². The summed E-state index contributed by atoms with van der Waals surface area (Å²) in [6, 6.07) is 8.29. The van der Waals surface area contributed by atoms with Crippen LogP contribution in [0.15, 0.2) is 67.0 Å². The Morgan fingerprint density at radius 2 is 1.97 bits per heavy atom. The number of nitrogens with zero attached hydrogens (tertiary/aromatic N) is 3. The zero-order chi connectivity index (χ0) is 20.9. The summed E-state index contributed by atoms with van der Waals surface area (Å²) in [7, 11) is 0. The van der Waals surface area contributed by atoms with Crippen LogP contribution in [0.25, 0.3) is 11.6 Å². The lowest BCUT2D eigenvalue weighted by Crippen LogP contribution is -2.36. The molecule has 6 nitrogen and oxygen atoms in total. The number of morpholine rings is 1. The van der Waals surface area contributed by atoms with E-state index in [1.165, 1.54) is 5.69 Å². The highest BCUT2D eigenvalue weighted by Crippen LogP contribution is 2.30. The van der Waals surface area contributed by atoms with Gasteiger partial charge in [0.2, 0.25) is 5.95 Å². The Hall–Kier alpha value is -3.38. The maximum atomic E-state index is 5.98. The second-order valence-electron chi connectivity index (χ2n) is 7.36. The topological polar surface area (TPSA) is 76.3 Å². The number of rotatable bonds is 6. The molecule has 6 heteroatoms.